The van der Waals surface area contributed by atoms with Crippen molar-refractivity contribution in [1.82, 2.24) is 14.7 Å². The molecule has 0 aliphatic carbocycles. The minimum atomic E-state index is -0.822. The monoisotopic (exact) mass is 359 g/mol. The number of aromatic nitrogens is 2. The fourth-order valence-electron chi connectivity index (χ4n) is 2.82. The van der Waals surface area contributed by atoms with Crippen LogP contribution in [0, 0.1) is 13.8 Å². The molecular formula is C19H25N3O4. The van der Waals surface area contributed by atoms with Crippen LogP contribution in [-0.2, 0) is 16.0 Å². The van der Waals surface area contributed by atoms with E-state index in [-0.39, 0.29) is 12.3 Å². The second kappa shape index (κ2) is 8.62. The fraction of sp³-hybridized carbons (Fsp3) is 0.421. The molecule has 1 amide bonds. The van der Waals surface area contributed by atoms with Crippen molar-refractivity contribution in [3.8, 4) is 5.69 Å². The Morgan fingerprint density at radius 3 is 2.46 bits per heavy atom. The van der Waals surface area contributed by atoms with Gasteiger partial charge in [0.25, 0.3) is 5.91 Å². The van der Waals surface area contributed by atoms with Gasteiger partial charge in [-0.25, -0.2) is 4.68 Å². The van der Waals surface area contributed by atoms with Crippen LogP contribution in [0.5, 0.6) is 0 Å². The van der Waals surface area contributed by atoms with E-state index < -0.39 is 5.97 Å². The lowest BCUT2D eigenvalue weighted by molar-refractivity contribution is -0.136. The third-order valence-electron chi connectivity index (χ3n) is 4.37. The second-order valence-electron chi connectivity index (χ2n) is 6.22. The van der Waals surface area contributed by atoms with Gasteiger partial charge in [0, 0.05) is 38.4 Å². The van der Waals surface area contributed by atoms with Crippen LogP contribution in [0.1, 0.15) is 33.7 Å². The number of amides is 1. The Labute approximate surface area is 153 Å². The molecule has 0 saturated heterocycles. The molecule has 1 N–H and O–H groups in total. The zero-order chi connectivity index (χ0) is 19.3. The summed E-state index contributed by atoms with van der Waals surface area (Å²) in [5.41, 5.74) is 4.12. The predicted octanol–water partition coefficient (Wildman–Crippen LogP) is 2.22. The zero-order valence-corrected chi connectivity index (χ0v) is 15.7. The summed E-state index contributed by atoms with van der Waals surface area (Å²) >= 11 is 0. The normalized spacial score (nSPS) is 10.8. The minimum Gasteiger partial charge on any atom is -0.481 e. The van der Waals surface area contributed by atoms with Crippen molar-refractivity contribution in [3.05, 3.63) is 46.8 Å². The van der Waals surface area contributed by atoms with Gasteiger partial charge in [-0.3, -0.25) is 9.59 Å². The molecule has 7 heteroatoms. The van der Waals surface area contributed by atoms with E-state index in [0.29, 0.717) is 25.1 Å². The number of aryl methyl sites for hydroxylation is 1. The number of nitrogens with zero attached hydrogens (tertiary/aromatic N) is 3. The lowest BCUT2D eigenvalue weighted by Gasteiger charge is -2.16. The molecule has 0 unspecified atom stereocenters. The number of carbonyl (C=O) groups excluding carboxylic acids is 1. The number of ether oxygens (including phenoxy) is 1. The number of benzene rings is 1. The average molecular weight is 359 g/mol. The number of methoxy groups -OCH3 is 1. The summed E-state index contributed by atoms with van der Waals surface area (Å²) in [6, 6.07) is 7.23. The quantitative estimate of drug-likeness (QED) is 0.781. The van der Waals surface area contributed by atoms with E-state index in [1.165, 1.54) is 0 Å². The van der Waals surface area contributed by atoms with E-state index in [2.05, 4.69) is 5.10 Å². The van der Waals surface area contributed by atoms with E-state index in [4.69, 9.17) is 9.84 Å². The Hall–Kier alpha value is -2.67. The number of hydrogen-bond donors (Lipinski definition) is 1. The summed E-state index contributed by atoms with van der Waals surface area (Å²) in [6.45, 7) is 4.82. The summed E-state index contributed by atoms with van der Waals surface area (Å²) in [5, 5.41) is 13.4. The van der Waals surface area contributed by atoms with Gasteiger partial charge in [0.2, 0.25) is 0 Å². The van der Waals surface area contributed by atoms with E-state index in [0.717, 1.165) is 22.6 Å². The predicted molar refractivity (Wildman–Crippen MR) is 97.8 cm³/mol. The van der Waals surface area contributed by atoms with Gasteiger partial charge in [-0.15, -0.1) is 0 Å². The second-order valence-corrected chi connectivity index (χ2v) is 6.22. The van der Waals surface area contributed by atoms with Crippen molar-refractivity contribution in [1.29, 1.82) is 0 Å². The highest BCUT2D eigenvalue weighted by molar-refractivity contribution is 5.94. The van der Waals surface area contributed by atoms with E-state index in [9.17, 15) is 9.59 Å². The molecule has 0 fully saturated rings. The highest BCUT2D eigenvalue weighted by Gasteiger charge is 2.15. The Kier molecular flexibility index (Phi) is 6.52. The van der Waals surface area contributed by atoms with Gasteiger partial charge in [-0.1, -0.05) is 0 Å². The number of carboxylic acids is 1. The first-order valence-corrected chi connectivity index (χ1v) is 8.47. The molecule has 0 radical (unpaired) electrons. The molecule has 140 valence electrons. The van der Waals surface area contributed by atoms with Gasteiger partial charge in [0.05, 0.1) is 18.0 Å². The van der Waals surface area contributed by atoms with Gasteiger partial charge >= 0.3 is 5.97 Å². The highest BCUT2D eigenvalue weighted by atomic mass is 16.5. The van der Waals surface area contributed by atoms with Gasteiger partial charge in [-0.05, 0) is 50.1 Å². The number of carbonyl (C=O) groups is 2. The van der Waals surface area contributed by atoms with Gasteiger partial charge in [-0.2, -0.15) is 5.10 Å². The maximum absolute atomic E-state index is 12.4. The first-order valence-electron chi connectivity index (χ1n) is 8.47. The zero-order valence-electron chi connectivity index (χ0n) is 15.7. The molecule has 2 rings (SSSR count). The van der Waals surface area contributed by atoms with Crippen molar-refractivity contribution in [2.24, 2.45) is 0 Å². The van der Waals surface area contributed by atoms with Crippen molar-refractivity contribution >= 4 is 11.9 Å². The maximum atomic E-state index is 12.4. The number of hydrogen-bond acceptors (Lipinski definition) is 4. The molecule has 0 atom stereocenters. The highest BCUT2D eigenvalue weighted by Crippen LogP contribution is 2.20. The largest absolute Gasteiger partial charge is 0.481 e. The van der Waals surface area contributed by atoms with E-state index in [1.54, 1.807) is 35.9 Å². The molecule has 0 aliphatic rings. The third kappa shape index (κ3) is 4.49. The lowest BCUT2D eigenvalue weighted by atomic mass is 10.1. The van der Waals surface area contributed by atoms with Crippen LogP contribution >= 0.6 is 0 Å². The standard InChI is InChI=1S/C19H25N3O4/c1-13-17(9-10-18(23)24)14(2)22(20-13)16-7-5-15(6-8-16)19(25)21(3)11-12-26-4/h5-8H,9-12H2,1-4H3,(H,23,24). The van der Waals surface area contributed by atoms with Crippen LogP contribution in [0.3, 0.4) is 0 Å². The molecule has 2 aromatic rings. The van der Waals surface area contributed by atoms with Crippen LogP contribution in [0.15, 0.2) is 24.3 Å². The molecule has 0 saturated carbocycles. The Bertz CT molecular complexity index is 781. The molecule has 26 heavy (non-hydrogen) atoms. The molecule has 0 aliphatic heterocycles. The average Bonchev–Trinajstić information content (AvgIpc) is 2.91. The SMILES string of the molecule is COCCN(C)C(=O)c1ccc(-n2nc(C)c(CCC(=O)O)c2C)cc1. The molecule has 0 spiro atoms. The molecule has 1 heterocycles. The summed E-state index contributed by atoms with van der Waals surface area (Å²) in [4.78, 5) is 24.8. The smallest absolute Gasteiger partial charge is 0.303 e. The molecule has 7 nitrogen and oxygen atoms in total. The van der Waals surface area contributed by atoms with Crippen molar-refractivity contribution in [3.63, 3.8) is 0 Å². The topological polar surface area (TPSA) is 84.7 Å². The summed E-state index contributed by atoms with van der Waals surface area (Å²) in [7, 11) is 3.34. The Morgan fingerprint density at radius 1 is 1.23 bits per heavy atom. The Balaban J connectivity index is 2.19. The van der Waals surface area contributed by atoms with Gasteiger partial charge in [0.15, 0.2) is 0 Å². The van der Waals surface area contributed by atoms with Crippen LogP contribution in [-0.4, -0.2) is 59.0 Å². The fourth-order valence-corrected chi connectivity index (χ4v) is 2.82. The Morgan fingerprint density at radius 2 is 1.88 bits per heavy atom. The van der Waals surface area contributed by atoms with Crippen molar-refractivity contribution < 1.29 is 19.4 Å². The molecule has 1 aromatic carbocycles. The number of aliphatic carboxylic acids is 1. The van der Waals surface area contributed by atoms with Crippen molar-refractivity contribution in [2.45, 2.75) is 26.7 Å². The first kappa shape index (κ1) is 19.7. The first-order chi connectivity index (χ1) is 12.3. The van der Waals surface area contributed by atoms with Crippen LogP contribution in [0.4, 0.5) is 0 Å². The van der Waals surface area contributed by atoms with E-state index in [1.807, 2.05) is 26.0 Å². The summed E-state index contributed by atoms with van der Waals surface area (Å²) < 4.78 is 6.78. The third-order valence-corrected chi connectivity index (χ3v) is 4.37. The van der Waals surface area contributed by atoms with Crippen LogP contribution in [0.25, 0.3) is 5.69 Å². The number of rotatable bonds is 8. The van der Waals surface area contributed by atoms with E-state index >= 15 is 0 Å². The number of carboxylic acid groups (broad SMARTS) is 1. The van der Waals surface area contributed by atoms with Crippen molar-refractivity contribution in [2.75, 3.05) is 27.3 Å². The summed E-state index contributed by atoms with van der Waals surface area (Å²) in [6.07, 6.45) is 0.530. The molecule has 1 aromatic heterocycles. The molecule has 0 bridgehead atoms. The molecular weight excluding hydrogens is 334 g/mol. The number of likely N-dealkylation sites (N-methyl/N-ethyl adjacent to an activating group) is 1. The van der Waals surface area contributed by atoms with Gasteiger partial charge in [0.1, 0.15) is 0 Å². The van der Waals surface area contributed by atoms with Gasteiger partial charge < -0.3 is 14.7 Å². The van der Waals surface area contributed by atoms with Crippen LogP contribution < -0.4 is 0 Å². The minimum absolute atomic E-state index is 0.0656. The van der Waals surface area contributed by atoms with Crippen LogP contribution in [0.2, 0.25) is 0 Å². The summed E-state index contributed by atoms with van der Waals surface area (Å²) in [5.74, 6) is -0.888. The maximum Gasteiger partial charge on any atom is 0.303 e. The lowest BCUT2D eigenvalue weighted by Crippen LogP contribution is -2.29.